The molecule has 0 bridgehead atoms. The first-order chi connectivity index (χ1) is 12.2. The number of rotatable bonds is 1. The number of carbonyl (C=O) groups is 1. The average molecular weight is 396 g/mol. The SMILES string of the molecule is O=C(c1ccc2n[nH]nc2c1)N1CCc2[nH]c3c(Br)cccc3c2C1. The third-order valence-corrected chi connectivity index (χ3v) is 5.47. The quantitative estimate of drug-likeness (QED) is 0.518. The summed E-state index contributed by atoms with van der Waals surface area (Å²) >= 11 is 3.60. The van der Waals surface area contributed by atoms with Gasteiger partial charge in [-0.3, -0.25) is 4.79 Å². The fourth-order valence-corrected chi connectivity index (χ4v) is 4.00. The van der Waals surface area contributed by atoms with E-state index in [1.807, 2.05) is 29.2 Å². The van der Waals surface area contributed by atoms with Crippen LogP contribution < -0.4 is 0 Å². The van der Waals surface area contributed by atoms with Crippen molar-refractivity contribution >= 4 is 43.8 Å². The van der Waals surface area contributed by atoms with Crippen LogP contribution in [0.4, 0.5) is 0 Å². The maximum Gasteiger partial charge on any atom is 0.254 e. The molecule has 4 aromatic rings. The van der Waals surface area contributed by atoms with E-state index in [4.69, 9.17) is 0 Å². The van der Waals surface area contributed by atoms with Gasteiger partial charge in [-0.2, -0.15) is 15.4 Å². The standard InChI is InChI=1S/C18H14BrN5O/c19-13-3-1-2-11-12-9-24(7-6-14(12)20-17(11)13)18(25)10-4-5-15-16(8-10)22-23-21-15/h1-5,8,20H,6-7,9H2,(H,21,22,23). The lowest BCUT2D eigenvalue weighted by atomic mass is 10.0. The van der Waals surface area contributed by atoms with E-state index in [-0.39, 0.29) is 5.91 Å². The van der Waals surface area contributed by atoms with Gasteiger partial charge in [-0.1, -0.05) is 12.1 Å². The number of benzene rings is 2. The highest BCUT2D eigenvalue weighted by atomic mass is 79.9. The molecule has 1 aliphatic heterocycles. The minimum absolute atomic E-state index is 0.0277. The zero-order valence-corrected chi connectivity index (χ0v) is 14.8. The van der Waals surface area contributed by atoms with Gasteiger partial charge in [-0.25, -0.2) is 0 Å². The summed E-state index contributed by atoms with van der Waals surface area (Å²) < 4.78 is 1.05. The van der Waals surface area contributed by atoms with E-state index in [0.29, 0.717) is 24.2 Å². The smallest absolute Gasteiger partial charge is 0.254 e. The summed E-state index contributed by atoms with van der Waals surface area (Å²) in [5.74, 6) is 0.0277. The van der Waals surface area contributed by atoms with Crippen molar-refractivity contribution < 1.29 is 4.79 Å². The van der Waals surface area contributed by atoms with Crippen LogP contribution in [-0.4, -0.2) is 37.7 Å². The van der Waals surface area contributed by atoms with Gasteiger partial charge in [-0.15, -0.1) is 0 Å². The number of aromatic nitrogens is 4. The molecule has 0 saturated carbocycles. The Bertz CT molecular complexity index is 1130. The molecule has 2 N–H and O–H groups in total. The molecule has 3 heterocycles. The number of H-pyrrole nitrogens is 2. The molecule has 124 valence electrons. The number of carbonyl (C=O) groups excluding carboxylic acids is 1. The third-order valence-electron chi connectivity index (χ3n) is 4.81. The van der Waals surface area contributed by atoms with E-state index in [1.54, 1.807) is 6.07 Å². The lowest BCUT2D eigenvalue weighted by Crippen LogP contribution is -2.35. The van der Waals surface area contributed by atoms with Crippen LogP contribution in [-0.2, 0) is 13.0 Å². The third kappa shape index (κ3) is 2.26. The van der Waals surface area contributed by atoms with Crippen molar-refractivity contribution in [3.8, 4) is 0 Å². The molecule has 5 rings (SSSR count). The molecule has 0 aliphatic carbocycles. The number of aromatic amines is 2. The van der Waals surface area contributed by atoms with Gasteiger partial charge in [0.15, 0.2) is 0 Å². The molecule has 0 saturated heterocycles. The number of fused-ring (bicyclic) bond motifs is 4. The summed E-state index contributed by atoms with van der Waals surface area (Å²) in [6.07, 6.45) is 0.828. The van der Waals surface area contributed by atoms with Gasteiger partial charge in [0.25, 0.3) is 5.91 Å². The Balaban J connectivity index is 1.51. The van der Waals surface area contributed by atoms with Crippen LogP contribution >= 0.6 is 15.9 Å². The second-order valence-corrected chi connectivity index (χ2v) is 7.10. The van der Waals surface area contributed by atoms with E-state index < -0.39 is 0 Å². The summed E-state index contributed by atoms with van der Waals surface area (Å²) in [6.45, 7) is 1.31. The largest absolute Gasteiger partial charge is 0.357 e. The van der Waals surface area contributed by atoms with Crippen molar-refractivity contribution in [3.63, 3.8) is 0 Å². The number of hydrogen-bond acceptors (Lipinski definition) is 3. The molecule has 0 atom stereocenters. The molecule has 6 nitrogen and oxygen atoms in total. The van der Waals surface area contributed by atoms with Crippen LogP contribution in [0.5, 0.6) is 0 Å². The maximum atomic E-state index is 12.9. The van der Waals surface area contributed by atoms with Crippen molar-refractivity contribution in [2.45, 2.75) is 13.0 Å². The Morgan fingerprint density at radius 3 is 2.96 bits per heavy atom. The Hall–Kier alpha value is -2.67. The highest BCUT2D eigenvalue weighted by Gasteiger charge is 2.25. The van der Waals surface area contributed by atoms with Crippen LogP contribution in [0.1, 0.15) is 21.6 Å². The normalized spacial score (nSPS) is 14.2. The van der Waals surface area contributed by atoms with Gasteiger partial charge in [-0.05, 0) is 40.2 Å². The molecule has 2 aromatic carbocycles. The van der Waals surface area contributed by atoms with Gasteiger partial charge in [0.05, 0.1) is 5.52 Å². The number of para-hydroxylation sites is 1. The first kappa shape index (κ1) is 14.7. The van der Waals surface area contributed by atoms with Crippen molar-refractivity contribution in [2.75, 3.05) is 6.54 Å². The predicted octanol–water partition coefficient (Wildman–Crippen LogP) is 3.40. The van der Waals surface area contributed by atoms with Gasteiger partial charge in [0, 0.05) is 46.2 Å². The summed E-state index contributed by atoms with van der Waals surface area (Å²) in [5, 5.41) is 11.9. The minimum Gasteiger partial charge on any atom is -0.357 e. The predicted molar refractivity (Wildman–Crippen MR) is 98.3 cm³/mol. The first-order valence-electron chi connectivity index (χ1n) is 8.08. The molecule has 1 amide bonds. The topological polar surface area (TPSA) is 77.7 Å². The fraction of sp³-hybridized carbons (Fsp3) is 0.167. The molecular weight excluding hydrogens is 382 g/mol. The number of halogens is 1. The maximum absolute atomic E-state index is 12.9. The van der Waals surface area contributed by atoms with Crippen LogP contribution in [0.15, 0.2) is 40.9 Å². The van der Waals surface area contributed by atoms with Crippen molar-refractivity contribution in [1.29, 1.82) is 0 Å². The molecule has 1 aliphatic rings. The Morgan fingerprint density at radius 1 is 1.16 bits per heavy atom. The first-order valence-corrected chi connectivity index (χ1v) is 8.88. The van der Waals surface area contributed by atoms with Gasteiger partial charge < -0.3 is 9.88 Å². The van der Waals surface area contributed by atoms with Crippen LogP contribution in [0.25, 0.3) is 21.9 Å². The fourth-order valence-electron chi connectivity index (χ4n) is 3.53. The number of amides is 1. The van der Waals surface area contributed by atoms with Gasteiger partial charge >= 0.3 is 0 Å². The molecule has 0 unspecified atom stereocenters. The van der Waals surface area contributed by atoms with Gasteiger partial charge in [0.2, 0.25) is 0 Å². The van der Waals surface area contributed by atoms with Crippen molar-refractivity contribution in [1.82, 2.24) is 25.3 Å². The number of nitrogens with one attached hydrogen (secondary N) is 2. The molecule has 25 heavy (non-hydrogen) atoms. The Labute approximate surface area is 151 Å². The molecule has 0 spiro atoms. The van der Waals surface area contributed by atoms with E-state index in [1.165, 1.54) is 16.6 Å². The zero-order chi connectivity index (χ0) is 17.0. The molecular formula is C18H14BrN5O. The Morgan fingerprint density at radius 2 is 2.04 bits per heavy atom. The van der Waals surface area contributed by atoms with E-state index >= 15 is 0 Å². The van der Waals surface area contributed by atoms with Gasteiger partial charge in [0.1, 0.15) is 11.0 Å². The highest BCUT2D eigenvalue weighted by molar-refractivity contribution is 9.10. The highest BCUT2D eigenvalue weighted by Crippen LogP contribution is 2.32. The molecule has 7 heteroatoms. The van der Waals surface area contributed by atoms with E-state index in [2.05, 4.69) is 42.4 Å². The lowest BCUT2D eigenvalue weighted by molar-refractivity contribution is 0.0735. The molecule has 0 fully saturated rings. The zero-order valence-electron chi connectivity index (χ0n) is 13.2. The molecule has 0 radical (unpaired) electrons. The minimum atomic E-state index is 0.0277. The lowest BCUT2D eigenvalue weighted by Gasteiger charge is -2.27. The van der Waals surface area contributed by atoms with Crippen molar-refractivity contribution in [2.24, 2.45) is 0 Å². The van der Waals surface area contributed by atoms with Crippen LogP contribution in [0.2, 0.25) is 0 Å². The summed E-state index contributed by atoms with van der Waals surface area (Å²) in [7, 11) is 0. The van der Waals surface area contributed by atoms with Crippen LogP contribution in [0.3, 0.4) is 0 Å². The monoisotopic (exact) mass is 395 g/mol. The summed E-state index contributed by atoms with van der Waals surface area (Å²) in [6, 6.07) is 11.6. The van der Waals surface area contributed by atoms with Crippen LogP contribution in [0, 0.1) is 0 Å². The summed E-state index contributed by atoms with van der Waals surface area (Å²) in [4.78, 5) is 18.3. The Kier molecular flexibility index (Phi) is 3.18. The average Bonchev–Trinajstić information content (AvgIpc) is 3.25. The number of nitrogens with zero attached hydrogens (tertiary/aromatic N) is 3. The second kappa shape index (κ2) is 5.42. The second-order valence-electron chi connectivity index (χ2n) is 6.25. The molecule has 2 aromatic heterocycles. The number of hydrogen-bond donors (Lipinski definition) is 2. The van der Waals surface area contributed by atoms with Crippen molar-refractivity contribution in [3.05, 3.63) is 57.7 Å². The van der Waals surface area contributed by atoms with E-state index in [9.17, 15) is 4.79 Å². The summed E-state index contributed by atoms with van der Waals surface area (Å²) in [5.41, 5.74) is 5.64. The van der Waals surface area contributed by atoms with E-state index in [0.717, 1.165) is 21.9 Å².